The Balaban J connectivity index is 1.99. The standard InChI is InChI=1S/C14H14NO/c1-16-14-7-4-5-12(11-14)8-9-13-6-2-3-10-15-13/h2-6,10-11H,8-9H2,1H3. The highest BCUT2D eigenvalue weighted by Crippen LogP contribution is 2.13. The first kappa shape index (κ1) is 10.7. The van der Waals surface area contributed by atoms with Crippen LogP contribution in [0.15, 0.2) is 42.6 Å². The molecule has 1 aromatic carbocycles. The number of aryl methyl sites for hydroxylation is 2. The molecule has 81 valence electrons. The number of benzene rings is 1. The second kappa shape index (κ2) is 5.31. The summed E-state index contributed by atoms with van der Waals surface area (Å²) in [5.74, 6) is 0.790. The number of hydrogen-bond acceptors (Lipinski definition) is 2. The van der Waals surface area contributed by atoms with Crippen LogP contribution < -0.4 is 4.74 Å². The Morgan fingerprint density at radius 2 is 2.19 bits per heavy atom. The van der Waals surface area contributed by atoms with E-state index in [4.69, 9.17) is 4.74 Å². The van der Waals surface area contributed by atoms with Crippen LogP contribution in [0.1, 0.15) is 11.3 Å². The van der Waals surface area contributed by atoms with Crippen LogP contribution in [0, 0.1) is 6.07 Å². The molecule has 0 aliphatic carbocycles. The largest absolute Gasteiger partial charge is 0.496 e. The van der Waals surface area contributed by atoms with Crippen molar-refractivity contribution in [3.8, 4) is 5.75 Å². The minimum Gasteiger partial charge on any atom is -0.496 e. The van der Waals surface area contributed by atoms with Gasteiger partial charge in [0, 0.05) is 18.0 Å². The molecule has 0 atom stereocenters. The molecule has 0 amide bonds. The predicted octanol–water partition coefficient (Wildman–Crippen LogP) is 2.68. The topological polar surface area (TPSA) is 22.1 Å². The van der Waals surface area contributed by atoms with Gasteiger partial charge >= 0.3 is 0 Å². The van der Waals surface area contributed by atoms with Gasteiger partial charge in [-0.2, -0.15) is 0 Å². The number of aromatic nitrogens is 1. The molecule has 2 rings (SSSR count). The van der Waals surface area contributed by atoms with Gasteiger partial charge in [-0.3, -0.25) is 4.98 Å². The Morgan fingerprint density at radius 3 is 2.94 bits per heavy atom. The van der Waals surface area contributed by atoms with E-state index in [1.807, 2.05) is 36.5 Å². The first-order valence-electron chi connectivity index (χ1n) is 5.33. The van der Waals surface area contributed by atoms with Gasteiger partial charge in [0.2, 0.25) is 0 Å². The minimum absolute atomic E-state index is 0.790. The Morgan fingerprint density at radius 1 is 1.25 bits per heavy atom. The zero-order valence-corrected chi connectivity index (χ0v) is 9.31. The smallest absolute Gasteiger partial charge is 0.127 e. The van der Waals surface area contributed by atoms with Gasteiger partial charge < -0.3 is 4.74 Å². The highest BCUT2D eigenvalue weighted by molar-refractivity contribution is 5.27. The number of pyridine rings is 1. The van der Waals surface area contributed by atoms with E-state index < -0.39 is 0 Å². The zero-order valence-electron chi connectivity index (χ0n) is 9.31. The van der Waals surface area contributed by atoms with Gasteiger partial charge in [-0.05, 0) is 36.6 Å². The summed E-state index contributed by atoms with van der Waals surface area (Å²) < 4.78 is 5.14. The maximum Gasteiger partial charge on any atom is 0.127 e. The lowest BCUT2D eigenvalue weighted by Gasteiger charge is -2.03. The summed E-state index contributed by atoms with van der Waals surface area (Å²) in [4.78, 5) is 4.30. The van der Waals surface area contributed by atoms with E-state index in [2.05, 4.69) is 17.1 Å². The summed E-state index contributed by atoms with van der Waals surface area (Å²) in [5.41, 5.74) is 2.37. The van der Waals surface area contributed by atoms with Crippen molar-refractivity contribution in [3.05, 3.63) is 59.9 Å². The average Bonchev–Trinajstić information content (AvgIpc) is 2.38. The quantitative estimate of drug-likeness (QED) is 0.777. The van der Waals surface area contributed by atoms with Gasteiger partial charge in [0.1, 0.15) is 5.75 Å². The van der Waals surface area contributed by atoms with Crippen molar-refractivity contribution in [2.45, 2.75) is 12.8 Å². The van der Waals surface area contributed by atoms with Crippen LogP contribution >= 0.6 is 0 Å². The first-order chi connectivity index (χ1) is 7.88. The van der Waals surface area contributed by atoms with Gasteiger partial charge in [0.05, 0.1) is 7.11 Å². The fourth-order valence-corrected chi connectivity index (χ4v) is 1.58. The van der Waals surface area contributed by atoms with Crippen LogP contribution in [0.5, 0.6) is 5.75 Å². The number of ether oxygens (including phenoxy) is 1. The van der Waals surface area contributed by atoms with Crippen LogP contribution in [0.2, 0.25) is 0 Å². The molecular formula is C14H14NO. The molecule has 1 heterocycles. The van der Waals surface area contributed by atoms with Crippen LogP contribution in [-0.2, 0) is 12.8 Å². The molecule has 0 aliphatic heterocycles. The van der Waals surface area contributed by atoms with E-state index in [1.54, 1.807) is 7.11 Å². The molecule has 0 N–H and O–H groups in total. The molecule has 0 bridgehead atoms. The third-order valence-corrected chi connectivity index (χ3v) is 2.46. The Labute approximate surface area is 95.9 Å². The summed E-state index contributed by atoms with van der Waals surface area (Å²) in [7, 11) is 1.66. The van der Waals surface area contributed by atoms with E-state index in [0.29, 0.717) is 0 Å². The second-order valence-electron chi connectivity index (χ2n) is 3.59. The number of rotatable bonds is 4. The molecule has 0 saturated carbocycles. The average molecular weight is 212 g/mol. The van der Waals surface area contributed by atoms with Crippen molar-refractivity contribution in [1.29, 1.82) is 0 Å². The first-order valence-corrected chi connectivity index (χ1v) is 5.33. The lowest BCUT2D eigenvalue weighted by Crippen LogP contribution is -1.94. The third kappa shape index (κ3) is 2.83. The van der Waals surface area contributed by atoms with Crippen LogP contribution in [0.4, 0.5) is 0 Å². The van der Waals surface area contributed by atoms with Gasteiger partial charge in [0.25, 0.3) is 0 Å². The number of hydrogen-bond donors (Lipinski definition) is 0. The maximum absolute atomic E-state index is 5.14. The van der Waals surface area contributed by atoms with Gasteiger partial charge in [-0.25, -0.2) is 0 Å². The highest BCUT2D eigenvalue weighted by atomic mass is 16.5. The van der Waals surface area contributed by atoms with Gasteiger partial charge in [-0.1, -0.05) is 18.2 Å². The van der Waals surface area contributed by atoms with Crippen molar-refractivity contribution in [2.75, 3.05) is 7.11 Å². The van der Waals surface area contributed by atoms with E-state index in [-0.39, 0.29) is 0 Å². The van der Waals surface area contributed by atoms with E-state index >= 15 is 0 Å². The van der Waals surface area contributed by atoms with E-state index in [0.717, 1.165) is 24.3 Å². The van der Waals surface area contributed by atoms with E-state index in [1.165, 1.54) is 5.56 Å². The SMILES string of the molecule is COc1[c]ccc(CCc2ccccn2)c1. The van der Waals surface area contributed by atoms with Gasteiger partial charge in [0.15, 0.2) is 0 Å². The lowest BCUT2D eigenvalue weighted by atomic mass is 10.1. The lowest BCUT2D eigenvalue weighted by molar-refractivity contribution is 0.413. The molecule has 16 heavy (non-hydrogen) atoms. The van der Waals surface area contributed by atoms with Crippen LogP contribution in [0.25, 0.3) is 0 Å². The van der Waals surface area contributed by atoms with Crippen molar-refractivity contribution < 1.29 is 4.74 Å². The van der Waals surface area contributed by atoms with Crippen molar-refractivity contribution >= 4 is 0 Å². The third-order valence-electron chi connectivity index (χ3n) is 2.46. The van der Waals surface area contributed by atoms with Crippen molar-refractivity contribution in [2.24, 2.45) is 0 Å². The summed E-state index contributed by atoms with van der Waals surface area (Å²) in [6, 6.07) is 15.0. The van der Waals surface area contributed by atoms with Crippen molar-refractivity contribution in [3.63, 3.8) is 0 Å². The molecule has 2 nitrogen and oxygen atoms in total. The molecule has 0 spiro atoms. The van der Waals surface area contributed by atoms with Crippen molar-refractivity contribution in [1.82, 2.24) is 4.98 Å². The molecule has 2 aromatic rings. The molecular weight excluding hydrogens is 198 g/mol. The summed E-state index contributed by atoms with van der Waals surface area (Å²) in [5, 5.41) is 0. The normalized spacial score (nSPS) is 10.1. The van der Waals surface area contributed by atoms with Crippen LogP contribution in [-0.4, -0.2) is 12.1 Å². The number of nitrogens with zero attached hydrogens (tertiary/aromatic N) is 1. The molecule has 0 saturated heterocycles. The highest BCUT2D eigenvalue weighted by Gasteiger charge is 1.98. The molecule has 0 unspecified atom stereocenters. The molecule has 2 heteroatoms. The Bertz CT molecular complexity index is 439. The van der Waals surface area contributed by atoms with Gasteiger partial charge in [-0.15, -0.1) is 0 Å². The maximum atomic E-state index is 5.14. The fraction of sp³-hybridized carbons (Fsp3) is 0.214. The summed E-state index contributed by atoms with van der Waals surface area (Å²) in [6.45, 7) is 0. The monoisotopic (exact) mass is 212 g/mol. The summed E-state index contributed by atoms with van der Waals surface area (Å²) in [6.07, 6.45) is 3.75. The number of methoxy groups -OCH3 is 1. The van der Waals surface area contributed by atoms with E-state index in [9.17, 15) is 0 Å². The minimum atomic E-state index is 0.790. The molecule has 1 aromatic heterocycles. The zero-order chi connectivity index (χ0) is 11.2. The predicted molar refractivity (Wildman–Crippen MR) is 63.5 cm³/mol. The summed E-state index contributed by atoms with van der Waals surface area (Å²) >= 11 is 0. The van der Waals surface area contributed by atoms with Crippen LogP contribution in [0.3, 0.4) is 0 Å². The fourth-order valence-electron chi connectivity index (χ4n) is 1.58. The molecule has 0 fully saturated rings. The Hall–Kier alpha value is -1.83. The molecule has 0 aliphatic rings. The molecule has 1 radical (unpaired) electrons. The second-order valence-corrected chi connectivity index (χ2v) is 3.59. The Kier molecular flexibility index (Phi) is 3.54.